The fraction of sp³-hybridized carbons (Fsp3) is 0.750. The molecule has 0 unspecified atom stereocenters. The van der Waals surface area contributed by atoms with Crippen LogP contribution in [0.5, 0.6) is 0 Å². The van der Waals surface area contributed by atoms with Gasteiger partial charge in [-0.15, -0.1) is 0 Å². The average Bonchev–Trinajstić information content (AvgIpc) is 3.36. The Morgan fingerprint density at radius 1 is 0.763 bits per heavy atom. The van der Waals surface area contributed by atoms with Gasteiger partial charge in [0, 0.05) is 35.4 Å². The number of rotatable bonds is 19. The number of likely N-dealkylation sites (tertiary alicyclic amines) is 1. The van der Waals surface area contributed by atoms with Gasteiger partial charge in [0.25, 0.3) is 0 Å². The minimum Gasteiger partial charge on any atom is -0.744 e. The third kappa shape index (κ3) is 17.9. The Morgan fingerprint density at radius 2 is 1.18 bits per heavy atom. The van der Waals surface area contributed by atoms with Gasteiger partial charge in [0.05, 0.1) is 24.5 Å². The maximum Gasteiger partial charge on any atom is 0.141 e. The fourth-order valence-corrected chi connectivity index (χ4v) is 6.00. The van der Waals surface area contributed by atoms with Crippen molar-refractivity contribution >= 4 is 32.7 Å². The highest BCUT2D eigenvalue weighted by molar-refractivity contribution is 14.1. The Hall–Kier alpha value is -0.620. The van der Waals surface area contributed by atoms with Gasteiger partial charge in [0.15, 0.2) is 0 Å². The number of quaternary nitrogens is 1. The summed E-state index contributed by atoms with van der Waals surface area (Å²) in [6, 6.07) is 5.78. The molecule has 0 aliphatic carbocycles. The van der Waals surface area contributed by atoms with Crippen molar-refractivity contribution in [3.8, 4) is 9.85 Å². The maximum atomic E-state index is 10.4. The van der Waals surface area contributed by atoms with Crippen molar-refractivity contribution < 1.29 is 17.5 Å². The van der Waals surface area contributed by atoms with Gasteiger partial charge in [-0.3, -0.25) is 0 Å². The first-order chi connectivity index (χ1) is 18.3. The lowest BCUT2D eigenvalue weighted by Crippen LogP contribution is -2.46. The quantitative estimate of drug-likeness (QED) is 0.0490. The minimum atomic E-state index is -4.27. The maximum absolute atomic E-state index is 10.4. The van der Waals surface area contributed by atoms with Crippen molar-refractivity contribution in [1.29, 1.82) is 0 Å². The summed E-state index contributed by atoms with van der Waals surface area (Å²) >= 11 is 2.19. The molecule has 1 aliphatic rings. The largest absolute Gasteiger partial charge is 0.744 e. The zero-order chi connectivity index (χ0) is 28.0. The van der Waals surface area contributed by atoms with Gasteiger partial charge < -0.3 is 9.04 Å². The average molecular weight is 660 g/mol. The Kier molecular flexibility index (Phi) is 20.6. The molecule has 0 N–H and O–H groups in total. The van der Waals surface area contributed by atoms with Crippen LogP contribution in [-0.2, 0) is 10.1 Å². The van der Waals surface area contributed by atoms with E-state index in [4.69, 9.17) is 0 Å². The Labute approximate surface area is 249 Å². The molecule has 38 heavy (non-hydrogen) atoms. The summed E-state index contributed by atoms with van der Waals surface area (Å²) in [6.07, 6.45) is 26.2. The normalized spacial score (nSPS) is 14.4. The molecular weight excluding hydrogens is 605 g/mol. The van der Waals surface area contributed by atoms with Crippen molar-refractivity contribution in [2.75, 3.05) is 26.2 Å². The first-order valence-electron chi connectivity index (χ1n) is 15.3. The monoisotopic (exact) mass is 659 g/mol. The lowest BCUT2D eigenvalue weighted by molar-refractivity contribution is -0.910. The molecule has 0 saturated carbocycles. The lowest BCUT2D eigenvalue weighted by atomic mass is 10.0. The summed E-state index contributed by atoms with van der Waals surface area (Å²) in [7, 11) is -4.27. The number of benzene rings is 1. The second kappa shape index (κ2) is 22.1. The number of hydrogen-bond acceptors (Lipinski definition) is 3. The predicted molar refractivity (Wildman–Crippen MR) is 169 cm³/mol. The molecule has 1 fully saturated rings. The number of nitrogens with zero attached hydrogens (tertiary/aromatic N) is 1. The lowest BCUT2D eigenvalue weighted by Gasteiger charge is -2.32. The molecule has 0 atom stereocenters. The summed E-state index contributed by atoms with van der Waals surface area (Å²) in [5.74, 6) is 3.34. The zero-order valence-corrected chi connectivity index (χ0v) is 27.3. The summed E-state index contributed by atoms with van der Waals surface area (Å²) in [4.78, 5) is -0.178. The first-order valence-corrected chi connectivity index (χ1v) is 17.8. The summed E-state index contributed by atoms with van der Waals surface area (Å²) < 4.78 is 35.5. The van der Waals surface area contributed by atoms with Crippen molar-refractivity contribution in [3.05, 3.63) is 29.8 Å². The fourth-order valence-electron chi connectivity index (χ4n) is 5.36. The molecule has 2 rings (SSSR count). The van der Waals surface area contributed by atoms with E-state index in [1.807, 2.05) is 6.92 Å². The Morgan fingerprint density at radius 3 is 1.58 bits per heavy atom. The van der Waals surface area contributed by atoms with E-state index in [-0.39, 0.29) is 4.90 Å². The van der Waals surface area contributed by atoms with E-state index in [1.165, 1.54) is 152 Å². The first kappa shape index (κ1) is 35.4. The highest BCUT2D eigenvalue weighted by atomic mass is 127. The predicted octanol–water partition coefficient (Wildman–Crippen LogP) is 9.15. The molecule has 0 spiro atoms. The molecule has 0 amide bonds. The Balaban J connectivity index is 0.000000544. The summed E-state index contributed by atoms with van der Waals surface area (Å²) in [6.45, 7) is 9.36. The van der Waals surface area contributed by atoms with E-state index in [2.05, 4.69) is 39.4 Å². The second-order valence-electron chi connectivity index (χ2n) is 11.2. The third-order valence-corrected chi connectivity index (χ3v) is 9.02. The van der Waals surface area contributed by atoms with E-state index in [9.17, 15) is 13.0 Å². The molecule has 0 aromatic heterocycles. The highest BCUT2D eigenvalue weighted by Crippen LogP contribution is 2.21. The molecule has 6 heteroatoms. The van der Waals surface area contributed by atoms with Crippen LogP contribution in [0.2, 0.25) is 0 Å². The van der Waals surface area contributed by atoms with E-state index < -0.39 is 10.1 Å². The molecule has 1 heterocycles. The van der Waals surface area contributed by atoms with Crippen molar-refractivity contribution in [2.45, 2.75) is 134 Å². The standard InChI is InChI=1S/C25H47IN.C7H8O3S/c1-2-3-4-5-6-7-8-9-10-11-12-13-14-15-16-17-22-27(25-20-21-26)23-18-19-24-27;1-6-2-4-7(5-3-6)11(8,9)10/h2-19,22-25H2,1H3;2-5H,1H3,(H,8,9,10)/q+1;/p-1. The SMILES string of the molecule is CCCCCCCCCCCCCCCCCC[N+]1(CC#CI)CCCC1.Cc1ccc(S(=O)(=O)[O-])cc1. The molecule has 1 aromatic rings. The number of aryl methyl sites for hydroxylation is 1. The van der Waals surface area contributed by atoms with E-state index in [0.717, 1.165) is 12.1 Å². The Bertz CT molecular complexity index is 868. The van der Waals surface area contributed by atoms with Crippen molar-refractivity contribution in [1.82, 2.24) is 0 Å². The van der Waals surface area contributed by atoms with Crippen LogP contribution in [0.4, 0.5) is 0 Å². The second-order valence-corrected chi connectivity index (χ2v) is 13.1. The van der Waals surface area contributed by atoms with Crippen LogP contribution in [-0.4, -0.2) is 43.6 Å². The molecule has 1 saturated heterocycles. The van der Waals surface area contributed by atoms with Crippen molar-refractivity contribution in [3.63, 3.8) is 0 Å². The third-order valence-electron chi connectivity index (χ3n) is 7.79. The van der Waals surface area contributed by atoms with Crippen LogP contribution in [0.1, 0.15) is 128 Å². The van der Waals surface area contributed by atoms with Gasteiger partial charge in [0.2, 0.25) is 0 Å². The van der Waals surface area contributed by atoms with E-state index >= 15 is 0 Å². The van der Waals surface area contributed by atoms with E-state index in [1.54, 1.807) is 12.1 Å². The van der Waals surface area contributed by atoms with Gasteiger partial charge in [-0.2, -0.15) is 0 Å². The molecule has 1 aromatic carbocycles. The van der Waals surface area contributed by atoms with Gasteiger partial charge in [0.1, 0.15) is 16.7 Å². The van der Waals surface area contributed by atoms with Crippen LogP contribution in [0.3, 0.4) is 0 Å². The van der Waals surface area contributed by atoms with Crippen LogP contribution >= 0.6 is 22.6 Å². The van der Waals surface area contributed by atoms with Crippen LogP contribution in [0, 0.1) is 16.8 Å². The van der Waals surface area contributed by atoms with Gasteiger partial charge in [-0.1, -0.05) is 115 Å². The van der Waals surface area contributed by atoms with Gasteiger partial charge in [-0.05, 0) is 41.7 Å². The molecular formula is C32H54INO3S. The van der Waals surface area contributed by atoms with Gasteiger partial charge in [-0.25, -0.2) is 8.42 Å². The number of hydrogen-bond donors (Lipinski definition) is 0. The van der Waals surface area contributed by atoms with Crippen LogP contribution in [0.25, 0.3) is 0 Å². The summed E-state index contributed by atoms with van der Waals surface area (Å²) in [5, 5.41) is 0. The van der Waals surface area contributed by atoms with E-state index in [0.29, 0.717) is 0 Å². The van der Waals surface area contributed by atoms with Gasteiger partial charge >= 0.3 is 0 Å². The minimum absolute atomic E-state index is 0.178. The molecule has 1 aliphatic heterocycles. The zero-order valence-electron chi connectivity index (χ0n) is 24.3. The van der Waals surface area contributed by atoms with Crippen LogP contribution in [0.15, 0.2) is 29.2 Å². The topological polar surface area (TPSA) is 57.2 Å². The number of unbranched alkanes of at least 4 members (excludes halogenated alkanes) is 15. The highest BCUT2D eigenvalue weighted by Gasteiger charge is 2.30. The van der Waals surface area contributed by atoms with Crippen molar-refractivity contribution in [2.24, 2.45) is 0 Å². The smallest absolute Gasteiger partial charge is 0.141 e. The number of halogens is 1. The summed E-state index contributed by atoms with van der Waals surface area (Å²) in [5.41, 5.74) is 0.928. The molecule has 0 radical (unpaired) electrons. The molecule has 4 nitrogen and oxygen atoms in total. The molecule has 218 valence electrons. The molecule has 0 bridgehead atoms. The van der Waals surface area contributed by atoms with Crippen LogP contribution < -0.4 is 0 Å².